The van der Waals surface area contributed by atoms with E-state index in [1.54, 1.807) is 19.3 Å². The van der Waals surface area contributed by atoms with Gasteiger partial charge in [0.25, 0.3) is 0 Å². The summed E-state index contributed by atoms with van der Waals surface area (Å²) in [5, 5.41) is 0. The number of rotatable bonds is 2. The summed E-state index contributed by atoms with van der Waals surface area (Å²) in [7, 11) is 0. The van der Waals surface area contributed by atoms with Crippen molar-refractivity contribution in [2.24, 2.45) is 23.2 Å². The van der Waals surface area contributed by atoms with E-state index in [2.05, 4.69) is 20.8 Å². The SMILES string of the molecule is CCC(C)(C)C1CCC2CCC21. The molecule has 0 saturated heterocycles. The minimum atomic E-state index is 0.625. The zero-order valence-electron chi connectivity index (χ0n) is 8.77. The maximum atomic E-state index is 2.47. The van der Waals surface area contributed by atoms with Gasteiger partial charge in [0, 0.05) is 0 Å². The number of hydrogen-bond donors (Lipinski definition) is 0. The van der Waals surface area contributed by atoms with Gasteiger partial charge in [-0.25, -0.2) is 0 Å². The Morgan fingerprint density at radius 1 is 1.08 bits per heavy atom. The van der Waals surface area contributed by atoms with Crippen molar-refractivity contribution in [2.75, 3.05) is 0 Å². The summed E-state index contributed by atoms with van der Waals surface area (Å²) >= 11 is 0. The van der Waals surface area contributed by atoms with E-state index in [4.69, 9.17) is 0 Å². The van der Waals surface area contributed by atoms with E-state index in [9.17, 15) is 0 Å². The fourth-order valence-electron chi connectivity index (χ4n) is 3.32. The molecule has 0 bridgehead atoms. The van der Waals surface area contributed by atoms with Gasteiger partial charge in [0.05, 0.1) is 0 Å². The number of hydrogen-bond acceptors (Lipinski definition) is 0. The van der Waals surface area contributed by atoms with Crippen molar-refractivity contribution in [2.45, 2.75) is 52.9 Å². The van der Waals surface area contributed by atoms with Crippen LogP contribution in [0.5, 0.6) is 0 Å². The molecule has 0 aromatic rings. The molecular formula is C12H22. The van der Waals surface area contributed by atoms with Crippen LogP contribution in [0.25, 0.3) is 0 Å². The average molecular weight is 166 g/mol. The molecule has 2 aliphatic rings. The van der Waals surface area contributed by atoms with Crippen LogP contribution in [0, 0.1) is 23.2 Å². The van der Waals surface area contributed by atoms with Crippen molar-refractivity contribution >= 4 is 0 Å². The first-order valence-corrected chi connectivity index (χ1v) is 5.65. The summed E-state index contributed by atoms with van der Waals surface area (Å²) in [4.78, 5) is 0. The lowest BCUT2D eigenvalue weighted by Crippen LogP contribution is -2.33. The Kier molecular flexibility index (Phi) is 1.97. The summed E-state index contributed by atoms with van der Waals surface area (Å²) in [6, 6.07) is 0. The molecule has 2 fully saturated rings. The lowest BCUT2D eigenvalue weighted by atomic mass is 9.64. The summed E-state index contributed by atoms with van der Waals surface area (Å²) in [6.45, 7) is 7.29. The molecule has 12 heavy (non-hydrogen) atoms. The zero-order chi connectivity index (χ0) is 8.77. The molecule has 3 atom stereocenters. The van der Waals surface area contributed by atoms with E-state index in [0.717, 1.165) is 17.8 Å². The first kappa shape index (κ1) is 8.59. The third-order valence-electron chi connectivity index (χ3n) is 4.76. The second kappa shape index (κ2) is 2.75. The molecule has 0 heteroatoms. The molecule has 3 unspecified atom stereocenters. The largest absolute Gasteiger partial charge is 0.0649 e. The second-order valence-corrected chi connectivity index (χ2v) is 5.53. The van der Waals surface area contributed by atoms with Gasteiger partial charge in [0.1, 0.15) is 0 Å². The van der Waals surface area contributed by atoms with Crippen molar-refractivity contribution < 1.29 is 0 Å². The van der Waals surface area contributed by atoms with Crippen LogP contribution in [-0.4, -0.2) is 0 Å². The fourth-order valence-corrected chi connectivity index (χ4v) is 3.32. The lowest BCUT2D eigenvalue weighted by Gasteiger charge is -2.41. The van der Waals surface area contributed by atoms with Crippen LogP contribution in [0.2, 0.25) is 0 Å². The molecule has 0 amide bonds. The standard InChI is InChI=1S/C12H22/c1-4-12(2,3)11-8-6-9-5-7-10(9)11/h9-11H,4-8H2,1-3H3. The van der Waals surface area contributed by atoms with Crippen molar-refractivity contribution in [1.82, 2.24) is 0 Å². The van der Waals surface area contributed by atoms with Crippen LogP contribution < -0.4 is 0 Å². The predicted molar refractivity (Wildman–Crippen MR) is 53.0 cm³/mol. The lowest BCUT2D eigenvalue weighted by molar-refractivity contribution is 0.0819. The smallest absolute Gasteiger partial charge is 0.0326 e. The van der Waals surface area contributed by atoms with Crippen molar-refractivity contribution in [1.29, 1.82) is 0 Å². The molecule has 2 rings (SSSR count). The van der Waals surface area contributed by atoms with Crippen LogP contribution >= 0.6 is 0 Å². The Morgan fingerprint density at radius 3 is 2.17 bits per heavy atom. The maximum absolute atomic E-state index is 2.47. The third kappa shape index (κ3) is 1.11. The van der Waals surface area contributed by atoms with Crippen molar-refractivity contribution in [3.05, 3.63) is 0 Å². The summed E-state index contributed by atoms with van der Waals surface area (Å²) < 4.78 is 0. The van der Waals surface area contributed by atoms with Gasteiger partial charge in [-0.1, -0.05) is 27.2 Å². The van der Waals surface area contributed by atoms with E-state index in [0.29, 0.717) is 5.41 Å². The highest BCUT2D eigenvalue weighted by Crippen LogP contribution is 2.56. The zero-order valence-corrected chi connectivity index (χ0v) is 8.77. The molecule has 0 aromatic carbocycles. The first-order valence-electron chi connectivity index (χ1n) is 5.65. The van der Waals surface area contributed by atoms with Crippen LogP contribution in [0.15, 0.2) is 0 Å². The van der Waals surface area contributed by atoms with Gasteiger partial charge in [-0.2, -0.15) is 0 Å². The van der Waals surface area contributed by atoms with Crippen LogP contribution in [0.1, 0.15) is 52.9 Å². The van der Waals surface area contributed by atoms with Crippen LogP contribution in [0.4, 0.5) is 0 Å². The molecule has 0 nitrogen and oxygen atoms in total. The summed E-state index contributed by atoms with van der Waals surface area (Å²) in [5.74, 6) is 3.32. The highest BCUT2D eigenvalue weighted by Gasteiger charge is 2.47. The molecule has 2 aliphatic carbocycles. The number of fused-ring (bicyclic) bond motifs is 1. The van der Waals surface area contributed by atoms with Gasteiger partial charge in [0.2, 0.25) is 0 Å². The molecule has 0 aromatic heterocycles. The van der Waals surface area contributed by atoms with Gasteiger partial charge in [-0.15, -0.1) is 0 Å². The Labute approximate surface area is 76.7 Å². The molecule has 0 spiro atoms. The van der Waals surface area contributed by atoms with E-state index in [1.807, 2.05) is 0 Å². The van der Waals surface area contributed by atoms with E-state index in [-0.39, 0.29) is 0 Å². The van der Waals surface area contributed by atoms with Crippen molar-refractivity contribution in [3.8, 4) is 0 Å². The third-order valence-corrected chi connectivity index (χ3v) is 4.76. The Morgan fingerprint density at radius 2 is 1.75 bits per heavy atom. The predicted octanol–water partition coefficient (Wildman–Crippen LogP) is 3.86. The van der Waals surface area contributed by atoms with E-state index < -0.39 is 0 Å². The topological polar surface area (TPSA) is 0 Å². The van der Waals surface area contributed by atoms with Gasteiger partial charge >= 0.3 is 0 Å². The summed E-state index contributed by atoms with van der Waals surface area (Å²) in [6.07, 6.45) is 7.51. The van der Waals surface area contributed by atoms with Gasteiger partial charge in [-0.3, -0.25) is 0 Å². The first-order chi connectivity index (χ1) is 5.65. The van der Waals surface area contributed by atoms with Gasteiger partial charge in [0.15, 0.2) is 0 Å². The molecular weight excluding hydrogens is 144 g/mol. The molecule has 0 radical (unpaired) electrons. The molecule has 0 N–H and O–H groups in total. The normalized spacial score (nSPS) is 40.8. The fraction of sp³-hybridized carbons (Fsp3) is 1.00. The highest BCUT2D eigenvalue weighted by molar-refractivity contribution is 4.97. The quantitative estimate of drug-likeness (QED) is 0.584. The molecule has 0 aliphatic heterocycles. The minimum absolute atomic E-state index is 0.625. The van der Waals surface area contributed by atoms with Crippen LogP contribution in [0.3, 0.4) is 0 Å². The van der Waals surface area contributed by atoms with E-state index >= 15 is 0 Å². The minimum Gasteiger partial charge on any atom is -0.0649 e. The Balaban J connectivity index is 2.04. The average Bonchev–Trinajstić information content (AvgIpc) is 2.27. The van der Waals surface area contributed by atoms with E-state index in [1.165, 1.54) is 12.8 Å². The monoisotopic (exact) mass is 166 g/mol. The highest BCUT2D eigenvalue weighted by atomic mass is 14.5. The maximum Gasteiger partial charge on any atom is -0.0326 e. The van der Waals surface area contributed by atoms with Gasteiger partial charge in [-0.05, 0) is 48.9 Å². The summed E-state index contributed by atoms with van der Waals surface area (Å²) in [5.41, 5.74) is 0.625. The Hall–Kier alpha value is 0. The molecule has 2 saturated carbocycles. The van der Waals surface area contributed by atoms with Gasteiger partial charge < -0.3 is 0 Å². The molecule has 0 heterocycles. The van der Waals surface area contributed by atoms with Crippen LogP contribution in [-0.2, 0) is 0 Å². The Bertz CT molecular complexity index is 169. The second-order valence-electron chi connectivity index (χ2n) is 5.53. The van der Waals surface area contributed by atoms with Crippen molar-refractivity contribution in [3.63, 3.8) is 0 Å². The molecule has 70 valence electrons.